The third-order valence-electron chi connectivity index (χ3n) is 11.0. The molecule has 3 aliphatic heterocycles. The van der Waals surface area contributed by atoms with E-state index in [0.29, 0.717) is 22.3 Å². The number of esters is 1. The molecule has 58 heavy (non-hydrogen) atoms. The largest absolute Gasteiger partial charge is 0.441 e. The average molecular weight is 767 g/mol. The van der Waals surface area contributed by atoms with Crippen molar-refractivity contribution < 1.29 is 38.6 Å². The quantitative estimate of drug-likeness (QED) is 0.0697. The molecule has 3 heterocycles. The van der Waals surface area contributed by atoms with Gasteiger partial charge in [-0.2, -0.15) is 0 Å². The first-order valence-corrected chi connectivity index (χ1v) is 17.7. The van der Waals surface area contributed by atoms with E-state index in [2.05, 4.69) is 0 Å². The Morgan fingerprint density at radius 1 is 0.448 bits per heavy atom. The molecule has 0 saturated carbocycles. The van der Waals surface area contributed by atoms with Crippen molar-refractivity contribution in [1.82, 2.24) is 0 Å². The molecule has 0 saturated heterocycles. The molecule has 0 N–H and O–H groups in total. The minimum Gasteiger partial charge on any atom is -0.441 e. The van der Waals surface area contributed by atoms with Crippen LogP contribution in [0, 0.1) is 20.2 Å². The van der Waals surface area contributed by atoms with E-state index < -0.39 is 45.0 Å². The van der Waals surface area contributed by atoms with Crippen LogP contribution in [-0.4, -0.2) is 39.4 Å². The third kappa shape index (κ3) is 4.50. The number of imide groups is 2. The standard InChI is InChI=1S/C44H22N4O10/c49-39-30-8-3-6-28-35(47(54)55)21-19-32(37(28)30)41(51)45(39)25-15-11-23(12-16-25)44(34-10-2-1-5-27(34)43(53)58-44)24-13-17-26(18-14-24)46-40(50)31-9-4-7-29-36(48(56)57)22-20-33(38(29)31)42(46)52/h1-22H. The number of nitrogens with zero attached hydrogens (tertiary/aromatic N) is 4. The predicted molar refractivity (Wildman–Crippen MR) is 208 cm³/mol. The van der Waals surface area contributed by atoms with Crippen molar-refractivity contribution in [2.45, 2.75) is 5.60 Å². The molecule has 0 radical (unpaired) electrons. The Morgan fingerprint density at radius 3 is 1.28 bits per heavy atom. The Kier molecular flexibility index (Phi) is 7.09. The maximum absolute atomic E-state index is 13.9. The number of nitro groups is 2. The normalized spacial score (nSPS) is 15.2. The molecule has 0 spiro atoms. The van der Waals surface area contributed by atoms with Crippen LogP contribution in [0.4, 0.5) is 22.7 Å². The first-order valence-electron chi connectivity index (χ1n) is 17.7. The van der Waals surface area contributed by atoms with E-state index in [4.69, 9.17) is 4.74 Å². The number of hydrogen-bond acceptors (Lipinski definition) is 10. The Morgan fingerprint density at radius 2 is 0.845 bits per heavy atom. The van der Waals surface area contributed by atoms with E-state index in [1.807, 2.05) is 0 Å². The summed E-state index contributed by atoms with van der Waals surface area (Å²) in [5, 5.41) is 24.2. The van der Waals surface area contributed by atoms with Crippen LogP contribution in [0.2, 0.25) is 0 Å². The maximum Gasteiger partial charge on any atom is 0.340 e. The molecule has 7 aromatic rings. The fraction of sp³-hybridized carbons (Fsp3) is 0.0227. The highest BCUT2D eigenvalue weighted by Gasteiger charge is 2.49. The van der Waals surface area contributed by atoms with Crippen LogP contribution in [-0.2, 0) is 10.3 Å². The van der Waals surface area contributed by atoms with Crippen molar-refractivity contribution in [1.29, 1.82) is 0 Å². The van der Waals surface area contributed by atoms with Gasteiger partial charge in [0.2, 0.25) is 0 Å². The number of nitro benzene ring substituents is 2. The molecule has 0 aromatic heterocycles. The molecule has 10 rings (SSSR count). The first kappa shape index (κ1) is 34.1. The van der Waals surface area contributed by atoms with Crippen LogP contribution < -0.4 is 9.80 Å². The van der Waals surface area contributed by atoms with Gasteiger partial charge in [-0.05, 0) is 66.7 Å². The molecule has 14 heteroatoms. The van der Waals surface area contributed by atoms with Gasteiger partial charge in [-0.25, -0.2) is 14.6 Å². The summed E-state index contributed by atoms with van der Waals surface area (Å²) in [6.07, 6.45) is 0. The molecule has 0 atom stereocenters. The minimum absolute atomic E-state index is 0.127. The van der Waals surface area contributed by atoms with Crippen molar-refractivity contribution in [3.05, 3.63) is 198 Å². The zero-order chi connectivity index (χ0) is 40.2. The van der Waals surface area contributed by atoms with Gasteiger partial charge in [0.15, 0.2) is 5.60 Å². The van der Waals surface area contributed by atoms with Gasteiger partial charge in [-0.1, -0.05) is 54.6 Å². The van der Waals surface area contributed by atoms with Crippen molar-refractivity contribution in [2.24, 2.45) is 0 Å². The van der Waals surface area contributed by atoms with E-state index in [-0.39, 0.29) is 66.5 Å². The number of rotatable bonds is 6. The highest BCUT2D eigenvalue weighted by atomic mass is 16.6. The summed E-state index contributed by atoms with van der Waals surface area (Å²) >= 11 is 0. The highest BCUT2D eigenvalue weighted by molar-refractivity contribution is 6.37. The van der Waals surface area contributed by atoms with Gasteiger partial charge >= 0.3 is 5.97 Å². The number of cyclic esters (lactones) is 1. The predicted octanol–water partition coefficient (Wildman–Crippen LogP) is 7.87. The third-order valence-corrected chi connectivity index (χ3v) is 11.0. The summed E-state index contributed by atoms with van der Waals surface area (Å²) in [4.78, 5) is 93.3. The molecule has 278 valence electrons. The van der Waals surface area contributed by atoms with E-state index in [0.717, 1.165) is 9.80 Å². The Balaban J connectivity index is 1.04. The number of ether oxygens (including phenoxy) is 1. The van der Waals surface area contributed by atoms with Crippen LogP contribution >= 0.6 is 0 Å². The summed E-state index contributed by atoms with van der Waals surface area (Å²) in [5.74, 6) is -3.28. The van der Waals surface area contributed by atoms with Crippen molar-refractivity contribution in [2.75, 3.05) is 9.80 Å². The summed E-state index contributed by atoms with van der Waals surface area (Å²) in [6.45, 7) is 0. The topological polar surface area (TPSA) is 187 Å². The lowest BCUT2D eigenvalue weighted by Gasteiger charge is -2.32. The van der Waals surface area contributed by atoms with Crippen LogP contribution in [0.1, 0.15) is 68.5 Å². The Bertz CT molecular complexity index is 2880. The van der Waals surface area contributed by atoms with Crippen molar-refractivity contribution in [3.63, 3.8) is 0 Å². The fourth-order valence-electron chi connectivity index (χ4n) is 8.45. The van der Waals surface area contributed by atoms with Gasteiger partial charge in [0.25, 0.3) is 35.0 Å². The second kappa shape index (κ2) is 12.1. The molecule has 0 unspecified atom stereocenters. The van der Waals surface area contributed by atoms with Gasteiger partial charge < -0.3 is 4.74 Å². The second-order valence-electron chi connectivity index (χ2n) is 13.8. The summed E-state index contributed by atoms with van der Waals surface area (Å²) in [7, 11) is 0. The monoisotopic (exact) mass is 766 g/mol. The number of fused-ring (bicyclic) bond motifs is 1. The number of carbonyl (C=O) groups is 5. The van der Waals surface area contributed by atoms with E-state index in [1.54, 1.807) is 72.8 Å². The lowest BCUT2D eigenvalue weighted by molar-refractivity contribution is -0.383. The molecule has 0 fully saturated rings. The fourth-order valence-corrected chi connectivity index (χ4v) is 8.45. The van der Waals surface area contributed by atoms with E-state index in [9.17, 15) is 44.2 Å². The van der Waals surface area contributed by atoms with Gasteiger partial charge in [-0.15, -0.1) is 0 Å². The van der Waals surface area contributed by atoms with Gasteiger partial charge in [-0.3, -0.25) is 39.4 Å². The molecule has 3 aliphatic rings. The van der Waals surface area contributed by atoms with Gasteiger partial charge in [0, 0.05) is 61.8 Å². The second-order valence-corrected chi connectivity index (χ2v) is 13.8. The lowest BCUT2D eigenvalue weighted by atomic mass is 9.79. The van der Waals surface area contributed by atoms with Crippen LogP contribution in [0.5, 0.6) is 0 Å². The first-order chi connectivity index (χ1) is 28.0. The number of carbonyl (C=O) groups excluding carboxylic acids is 5. The van der Waals surface area contributed by atoms with Crippen LogP contribution in [0.3, 0.4) is 0 Å². The molecule has 0 aliphatic carbocycles. The Labute approximate surface area is 325 Å². The molecular weight excluding hydrogens is 745 g/mol. The van der Waals surface area contributed by atoms with Crippen molar-refractivity contribution >= 4 is 73.9 Å². The number of hydrogen-bond donors (Lipinski definition) is 0. The molecule has 0 bridgehead atoms. The summed E-state index contributed by atoms with van der Waals surface area (Å²) < 4.78 is 6.23. The van der Waals surface area contributed by atoms with Gasteiger partial charge in [0.1, 0.15) is 0 Å². The number of amides is 4. The molecule has 14 nitrogen and oxygen atoms in total. The number of benzene rings is 7. The zero-order valence-corrected chi connectivity index (χ0v) is 29.6. The van der Waals surface area contributed by atoms with E-state index in [1.165, 1.54) is 60.7 Å². The number of anilines is 2. The minimum atomic E-state index is -1.55. The lowest BCUT2D eigenvalue weighted by Crippen LogP contribution is -2.40. The highest BCUT2D eigenvalue weighted by Crippen LogP contribution is 2.48. The van der Waals surface area contributed by atoms with Crippen LogP contribution in [0.15, 0.2) is 133 Å². The van der Waals surface area contributed by atoms with Crippen LogP contribution in [0.25, 0.3) is 21.5 Å². The molecular formula is C44H22N4O10. The summed E-state index contributed by atoms with van der Waals surface area (Å²) in [6, 6.07) is 33.7. The summed E-state index contributed by atoms with van der Waals surface area (Å²) in [5.41, 5.74) is 0.601. The van der Waals surface area contributed by atoms with Crippen molar-refractivity contribution in [3.8, 4) is 0 Å². The smallest absolute Gasteiger partial charge is 0.340 e. The number of non-ortho nitro benzene ring substituents is 2. The SMILES string of the molecule is O=C1OC(c2ccc(N3C(=O)c4cccc5c([N+](=O)[O-])ccc(c45)C3=O)cc2)(c2ccc(N3C(=O)c4cccc5c([N+](=O)[O-])ccc(c45)C3=O)cc2)c2ccccc21. The zero-order valence-electron chi connectivity index (χ0n) is 29.6. The Hall–Kier alpha value is -8.39. The molecule has 4 amide bonds. The van der Waals surface area contributed by atoms with Gasteiger partial charge in [0.05, 0.1) is 37.6 Å². The molecule has 7 aromatic carbocycles. The average Bonchev–Trinajstić information content (AvgIpc) is 3.54. The van der Waals surface area contributed by atoms with E-state index >= 15 is 0 Å². The maximum atomic E-state index is 13.9.